The molecular weight excluding hydrogens is 175 g/mol. The molecule has 0 amide bonds. The molecule has 0 aromatic heterocycles. The average molecular weight is 186 g/mol. The number of ether oxygens (including phenoxy) is 1. The van der Waals surface area contributed by atoms with Crippen molar-refractivity contribution in [2.75, 3.05) is 7.11 Å². The molecule has 0 saturated heterocycles. The predicted octanol–water partition coefficient (Wildman–Crippen LogP) is 0.944. The van der Waals surface area contributed by atoms with E-state index in [2.05, 4.69) is 4.74 Å². The van der Waals surface area contributed by atoms with E-state index in [1.54, 1.807) is 6.92 Å². The Morgan fingerprint density at radius 1 is 1.64 bits per heavy atom. The van der Waals surface area contributed by atoms with E-state index in [0.717, 1.165) is 7.11 Å². The van der Waals surface area contributed by atoms with Gasteiger partial charge < -0.3 is 4.74 Å². The first-order chi connectivity index (χ1) is 4.87. The van der Waals surface area contributed by atoms with Crippen molar-refractivity contribution in [1.82, 2.24) is 0 Å². The van der Waals surface area contributed by atoms with Crippen molar-refractivity contribution >= 4 is 10.1 Å². The summed E-state index contributed by atoms with van der Waals surface area (Å²) in [6.07, 6.45) is -0.105. The Morgan fingerprint density at radius 3 is 2.18 bits per heavy atom. The molecule has 0 spiro atoms. The zero-order valence-electron chi connectivity index (χ0n) is 6.37. The molecule has 0 aliphatic heterocycles. The van der Waals surface area contributed by atoms with Crippen LogP contribution in [0, 0.1) is 0 Å². The fourth-order valence-corrected chi connectivity index (χ4v) is 1.31. The van der Waals surface area contributed by atoms with E-state index in [9.17, 15) is 12.8 Å². The van der Waals surface area contributed by atoms with Crippen molar-refractivity contribution in [3.05, 3.63) is 0 Å². The minimum Gasteiger partial charge on any atom is -0.336 e. The second-order valence-corrected chi connectivity index (χ2v) is 3.65. The molecule has 0 aromatic rings. The molecule has 0 radical (unpaired) electrons. The normalized spacial score (nSPS) is 17.8. The number of hydrogen-bond acceptors (Lipinski definition) is 3. The van der Waals surface area contributed by atoms with Gasteiger partial charge in [-0.25, -0.2) is 0 Å². The Kier molecular flexibility index (Phi) is 3.40. The average Bonchev–Trinajstić information content (AvgIpc) is 1.86. The lowest BCUT2D eigenvalue weighted by molar-refractivity contribution is -0.0599. The molecule has 68 valence electrons. The highest BCUT2D eigenvalue weighted by molar-refractivity contribution is 7.86. The largest absolute Gasteiger partial charge is 0.336 e. The van der Waals surface area contributed by atoms with Gasteiger partial charge in [0.05, 0.1) is 0 Å². The molecule has 0 bridgehead atoms. The van der Waals surface area contributed by atoms with Gasteiger partial charge >= 0.3 is 15.3 Å². The molecular formula is C5H11FO4S. The fourth-order valence-electron chi connectivity index (χ4n) is 0.635. The quantitative estimate of drug-likeness (QED) is 0.664. The second-order valence-electron chi connectivity index (χ2n) is 2.09. The van der Waals surface area contributed by atoms with Crippen LogP contribution in [0.2, 0.25) is 0 Å². The van der Waals surface area contributed by atoms with Crippen molar-refractivity contribution in [3.63, 3.8) is 0 Å². The molecule has 0 heterocycles. The third-order valence-electron chi connectivity index (χ3n) is 1.24. The monoisotopic (exact) mass is 186 g/mol. The Morgan fingerprint density at radius 2 is 2.09 bits per heavy atom. The summed E-state index contributed by atoms with van der Waals surface area (Å²) >= 11 is 0. The molecule has 4 nitrogen and oxygen atoms in total. The lowest BCUT2D eigenvalue weighted by Crippen LogP contribution is -2.35. The highest BCUT2D eigenvalue weighted by Crippen LogP contribution is 2.24. The molecule has 0 aromatic carbocycles. The van der Waals surface area contributed by atoms with Gasteiger partial charge in [-0.05, 0) is 6.42 Å². The van der Waals surface area contributed by atoms with Crippen molar-refractivity contribution in [2.24, 2.45) is 0 Å². The molecule has 0 saturated carbocycles. The Balaban J connectivity index is 4.61. The SMILES string of the molecule is CCCC(F)(OC)S(=O)(=O)O. The van der Waals surface area contributed by atoms with Gasteiger partial charge in [0.1, 0.15) is 0 Å². The van der Waals surface area contributed by atoms with Crippen LogP contribution >= 0.6 is 0 Å². The topological polar surface area (TPSA) is 63.6 Å². The maximum absolute atomic E-state index is 13.0. The van der Waals surface area contributed by atoms with Gasteiger partial charge in [-0.1, -0.05) is 6.92 Å². The van der Waals surface area contributed by atoms with Gasteiger partial charge in [0.15, 0.2) is 0 Å². The van der Waals surface area contributed by atoms with Gasteiger partial charge in [-0.3, -0.25) is 4.55 Å². The molecule has 6 heteroatoms. The zero-order chi connectivity index (χ0) is 9.12. The lowest BCUT2D eigenvalue weighted by Gasteiger charge is -2.18. The zero-order valence-corrected chi connectivity index (χ0v) is 7.19. The highest BCUT2D eigenvalue weighted by Gasteiger charge is 2.42. The van der Waals surface area contributed by atoms with E-state index in [4.69, 9.17) is 4.55 Å². The summed E-state index contributed by atoms with van der Waals surface area (Å²) in [5.41, 5.74) is 0. The maximum Gasteiger partial charge on any atom is 0.336 e. The number of hydrogen-bond donors (Lipinski definition) is 1. The second kappa shape index (κ2) is 3.46. The van der Waals surface area contributed by atoms with Crippen LogP contribution in [0.5, 0.6) is 0 Å². The summed E-state index contributed by atoms with van der Waals surface area (Å²) in [6, 6.07) is 0. The highest BCUT2D eigenvalue weighted by atomic mass is 32.2. The summed E-state index contributed by atoms with van der Waals surface area (Å²) in [5.74, 6) is 0. The summed E-state index contributed by atoms with van der Waals surface area (Å²) < 4.78 is 46.0. The van der Waals surface area contributed by atoms with E-state index in [1.165, 1.54) is 0 Å². The number of methoxy groups -OCH3 is 1. The minimum atomic E-state index is -4.77. The van der Waals surface area contributed by atoms with Gasteiger partial charge in [-0.2, -0.15) is 12.8 Å². The molecule has 0 aliphatic rings. The maximum atomic E-state index is 13.0. The van der Waals surface area contributed by atoms with Gasteiger partial charge in [-0.15, -0.1) is 0 Å². The summed E-state index contributed by atoms with van der Waals surface area (Å²) in [7, 11) is -3.87. The first kappa shape index (κ1) is 10.8. The van der Waals surface area contributed by atoms with Crippen LogP contribution in [-0.4, -0.2) is 25.3 Å². The number of rotatable bonds is 4. The molecule has 1 unspecified atom stereocenters. The number of halogens is 1. The van der Waals surface area contributed by atoms with E-state index >= 15 is 0 Å². The van der Waals surface area contributed by atoms with E-state index in [0.29, 0.717) is 0 Å². The minimum absolute atomic E-state index is 0.268. The van der Waals surface area contributed by atoms with Crippen molar-refractivity contribution < 1.29 is 22.1 Å². The van der Waals surface area contributed by atoms with Crippen LogP contribution in [0.3, 0.4) is 0 Å². The Hall–Kier alpha value is -0.200. The van der Waals surface area contributed by atoms with Gasteiger partial charge in [0, 0.05) is 13.5 Å². The van der Waals surface area contributed by atoms with Crippen molar-refractivity contribution in [1.29, 1.82) is 0 Å². The first-order valence-corrected chi connectivity index (χ1v) is 4.52. The molecule has 1 N–H and O–H groups in total. The third kappa shape index (κ3) is 2.39. The van der Waals surface area contributed by atoms with Gasteiger partial charge in [0.2, 0.25) is 0 Å². The molecule has 1 atom stereocenters. The third-order valence-corrected chi connectivity index (χ3v) is 2.38. The van der Waals surface area contributed by atoms with Crippen molar-refractivity contribution in [3.8, 4) is 0 Å². The van der Waals surface area contributed by atoms with E-state index < -0.39 is 15.3 Å². The summed E-state index contributed by atoms with van der Waals surface area (Å²) in [5, 5.41) is -2.94. The fraction of sp³-hybridized carbons (Fsp3) is 1.00. The lowest BCUT2D eigenvalue weighted by atomic mass is 10.3. The predicted molar refractivity (Wildman–Crippen MR) is 37.3 cm³/mol. The number of alkyl halides is 1. The van der Waals surface area contributed by atoms with Gasteiger partial charge in [0.25, 0.3) is 0 Å². The van der Waals surface area contributed by atoms with Crippen LogP contribution in [0.1, 0.15) is 19.8 Å². The van der Waals surface area contributed by atoms with Crippen LogP contribution in [0.25, 0.3) is 0 Å². The van der Waals surface area contributed by atoms with Crippen LogP contribution in [-0.2, 0) is 14.9 Å². The molecule has 0 rings (SSSR count). The molecule has 11 heavy (non-hydrogen) atoms. The van der Waals surface area contributed by atoms with Crippen LogP contribution < -0.4 is 0 Å². The molecule has 0 fully saturated rings. The first-order valence-electron chi connectivity index (χ1n) is 3.08. The van der Waals surface area contributed by atoms with E-state index in [-0.39, 0.29) is 12.8 Å². The Labute approximate surface area is 65.1 Å². The van der Waals surface area contributed by atoms with E-state index in [1.807, 2.05) is 0 Å². The standard InChI is InChI=1S/C5H11FO4S/c1-3-4-5(6,10-2)11(7,8)9/h3-4H2,1-2H3,(H,7,8,9). The summed E-state index contributed by atoms with van der Waals surface area (Å²) in [6.45, 7) is 1.58. The van der Waals surface area contributed by atoms with Crippen molar-refractivity contribution in [2.45, 2.75) is 25.0 Å². The van der Waals surface area contributed by atoms with Crippen LogP contribution in [0.4, 0.5) is 4.39 Å². The molecule has 0 aliphatic carbocycles. The summed E-state index contributed by atoms with van der Waals surface area (Å²) in [4.78, 5) is 0. The Bertz CT molecular complexity index is 213. The smallest absolute Gasteiger partial charge is 0.336 e. The van der Waals surface area contributed by atoms with Crippen LogP contribution in [0.15, 0.2) is 0 Å².